The molecule has 1 amide bonds. The van der Waals surface area contributed by atoms with Crippen molar-refractivity contribution in [1.29, 1.82) is 0 Å². The van der Waals surface area contributed by atoms with E-state index in [-0.39, 0.29) is 29.5 Å². The molecule has 2 rings (SSSR count). The van der Waals surface area contributed by atoms with E-state index in [4.69, 9.17) is 0 Å². The summed E-state index contributed by atoms with van der Waals surface area (Å²) in [5.41, 5.74) is 0.707. The van der Waals surface area contributed by atoms with Gasteiger partial charge in [0.25, 0.3) is 5.91 Å². The van der Waals surface area contributed by atoms with E-state index in [1.54, 1.807) is 11.8 Å². The van der Waals surface area contributed by atoms with Crippen LogP contribution in [0.1, 0.15) is 29.4 Å². The maximum atomic E-state index is 12.4. The highest BCUT2D eigenvalue weighted by Gasteiger charge is 2.26. The molecule has 1 aromatic rings. The number of carbonyl (C=O) groups excluding carboxylic acids is 1. The Balaban J connectivity index is 2.02. The second kappa shape index (κ2) is 6.87. The Bertz CT molecular complexity index is 543. The lowest BCUT2D eigenvalue weighted by Crippen LogP contribution is -2.53. The van der Waals surface area contributed by atoms with Gasteiger partial charge in [0.15, 0.2) is 5.43 Å². The predicted molar refractivity (Wildman–Crippen MR) is 80.4 cm³/mol. The molecular weight excluding hydrogens is 270 g/mol. The fraction of sp³-hybridized carbons (Fsp3) is 0.600. The minimum atomic E-state index is -0.236. The van der Waals surface area contributed by atoms with Gasteiger partial charge in [-0.25, -0.2) is 0 Å². The number of H-pyrrole nitrogens is 1. The molecule has 1 aliphatic heterocycles. The van der Waals surface area contributed by atoms with E-state index in [9.17, 15) is 14.7 Å². The number of nitrogens with zero attached hydrogens (tertiary/aromatic N) is 2. The van der Waals surface area contributed by atoms with Crippen LogP contribution < -0.4 is 5.43 Å². The average molecular weight is 293 g/mol. The van der Waals surface area contributed by atoms with Crippen LogP contribution in [-0.4, -0.2) is 64.6 Å². The highest BCUT2D eigenvalue weighted by molar-refractivity contribution is 5.93. The van der Waals surface area contributed by atoms with Crippen molar-refractivity contribution < 1.29 is 9.90 Å². The lowest BCUT2D eigenvalue weighted by molar-refractivity contribution is 0.0471. The van der Waals surface area contributed by atoms with E-state index in [0.29, 0.717) is 13.1 Å². The Morgan fingerprint density at radius 1 is 1.38 bits per heavy atom. The van der Waals surface area contributed by atoms with E-state index >= 15 is 0 Å². The summed E-state index contributed by atoms with van der Waals surface area (Å²) >= 11 is 0. The van der Waals surface area contributed by atoms with Crippen molar-refractivity contribution >= 4 is 5.91 Å². The van der Waals surface area contributed by atoms with Crippen LogP contribution in [0.4, 0.5) is 0 Å². The van der Waals surface area contributed by atoms with Gasteiger partial charge in [0.2, 0.25) is 0 Å². The van der Waals surface area contributed by atoms with E-state index in [1.165, 1.54) is 12.3 Å². The van der Waals surface area contributed by atoms with Crippen LogP contribution in [0.2, 0.25) is 0 Å². The fourth-order valence-corrected chi connectivity index (χ4v) is 2.70. The number of aromatic nitrogens is 1. The first-order chi connectivity index (χ1) is 10.1. The van der Waals surface area contributed by atoms with Crippen LogP contribution >= 0.6 is 0 Å². The van der Waals surface area contributed by atoms with Gasteiger partial charge >= 0.3 is 0 Å². The largest absolute Gasteiger partial charge is 0.395 e. The zero-order valence-corrected chi connectivity index (χ0v) is 12.6. The van der Waals surface area contributed by atoms with Gasteiger partial charge < -0.3 is 15.0 Å². The Hall–Kier alpha value is -1.66. The van der Waals surface area contributed by atoms with E-state index < -0.39 is 0 Å². The number of carbonyl (C=O) groups is 1. The molecule has 0 spiro atoms. The second-order valence-electron chi connectivity index (χ2n) is 5.47. The summed E-state index contributed by atoms with van der Waals surface area (Å²) in [4.78, 5) is 31.1. The minimum Gasteiger partial charge on any atom is -0.395 e. The van der Waals surface area contributed by atoms with Crippen LogP contribution in [0.15, 0.2) is 17.1 Å². The van der Waals surface area contributed by atoms with E-state index in [1.807, 2.05) is 6.92 Å². The summed E-state index contributed by atoms with van der Waals surface area (Å²) in [6.45, 7) is 6.61. The van der Waals surface area contributed by atoms with Crippen molar-refractivity contribution in [3.05, 3.63) is 33.7 Å². The number of hydrogen-bond acceptors (Lipinski definition) is 4. The summed E-state index contributed by atoms with van der Waals surface area (Å²) in [5.74, 6) is -0.215. The standard InChI is InChI=1S/C15H23N3O3/c1-3-12(10-19)17-4-6-18(7-5-17)15(21)13-9-16-11(2)8-14(13)20/h8-9,12,19H,3-7,10H2,1-2H3,(H,16,20). The van der Waals surface area contributed by atoms with Gasteiger partial charge in [-0.1, -0.05) is 6.92 Å². The smallest absolute Gasteiger partial charge is 0.259 e. The monoisotopic (exact) mass is 293 g/mol. The molecule has 1 unspecified atom stereocenters. The van der Waals surface area contributed by atoms with E-state index in [0.717, 1.165) is 25.2 Å². The van der Waals surface area contributed by atoms with Crippen LogP contribution in [0, 0.1) is 6.92 Å². The molecule has 2 heterocycles. The highest BCUT2D eigenvalue weighted by atomic mass is 16.3. The Morgan fingerprint density at radius 3 is 2.57 bits per heavy atom. The van der Waals surface area contributed by atoms with Crippen molar-refractivity contribution in [2.24, 2.45) is 0 Å². The Labute approximate surface area is 124 Å². The third-order valence-electron chi connectivity index (χ3n) is 4.09. The number of aromatic amines is 1. The number of piperazine rings is 1. The molecule has 0 aromatic carbocycles. The van der Waals surface area contributed by atoms with Crippen LogP contribution in [0.3, 0.4) is 0 Å². The Kier molecular flexibility index (Phi) is 5.14. The third-order valence-corrected chi connectivity index (χ3v) is 4.09. The Morgan fingerprint density at radius 2 is 2.05 bits per heavy atom. The summed E-state index contributed by atoms with van der Waals surface area (Å²) in [6.07, 6.45) is 2.39. The van der Waals surface area contributed by atoms with E-state index in [2.05, 4.69) is 9.88 Å². The lowest BCUT2D eigenvalue weighted by Gasteiger charge is -2.38. The van der Waals surface area contributed by atoms with Crippen molar-refractivity contribution in [3.8, 4) is 0 Å². The molecule has 1 atom stereocenters. The fourth-order valence-electron chi connectivity index (χ4n) is 2.70. The van der Waals surface area contributed by atoms with Gasteiger partial charge in [-0.05, 0) is 13.3 Å². The predicted octanol–water partition coefficient (Wildman–Crippen LogP) is 0.212. The quantitative estimate of drug-likeness (QED) is 0.832. The SMILES string of the molecule is CCC(CO)N1CCN(C(=O)c2c[nH]c(C)cc2=O)CC1. The zero-order chi connectivity index (χ0) is 15.4. The molecule has 0 bridgehead atoms. The van der Waals surface area contributed by atoms with Crippen molar-refractivity contribution in [3.63, 3.8) is 0 Å². The average Bonchev–Trinajstić information content (AvgIpc) is 2.48. The maximum absolute atomic E-state index is 12.4. The molecule has 0 saturated carbocycles. The number of hydrogen-bond donors (Lipinski definition) is 2. The van der Waals surface area contributed by atoms with Crippen molar-refractivity contribution in [2.45, 2.75) is 26.3 Å². The summed E-state index contributed by atoms with van der Waals surface area (Å²) < 4.78 is 0. The van der Waals surface area contributed by atoms with Gasteiger partial charge in [-0.2, -0.15) is 0 Å². The van der Waals surface area contributed by atoms with Gasteiger partial charge in [0, 0.05) is 50.2 Å². The molecule has 1 aromatic heterocycles. The number of amides is 1. The molecule has 6 heteroatoms. The van der Waals surface area contributed by atoms with Crippen LogP contribution in [-0.2, 0) is 0 Å². The zero-order valence-electron chi connectivity index (χ0n) is 12.6. The molecular formula is C15H23N3O3. The molecule has 1 aliphatic rings. The molecule has 1 saturated heterocycles. The number of aliphatic hydroxyl groups is 1. The maximum Gasteiger partial charge on any atom is 0.259 e. The molecule has 1 fully saturated rings. The molecule has 0 aliphatic carbocycles. The summed E-state index contributed by atoms with van der Waals surface area (Å²) in [7, 11) is 0. The van der Waals surface area contributed by atoms with Crippen molar-refractivity contribution in [2.75, 3.05) is 32.8 Å². The third kappa shape index (κ3) is 3.51. The first kappa shape index (κ1) is 15.7. The number of nitrogens with one attached hydrogen (secondary N) is 1. The summed E-state index contributed by atoms with van der Waals surface area (Å²) in [6, 6.07) is 1.60. The first-order valence-electron chi connectivity index (χ1n) is 7.40. The highest BCUT2D eigenvalue weighted by Crippen LogP contribution is 2.11. The number of aliphatic hydroxyl groups excluding tert-OH is 1. The van der Waals surface area contributed by atoms with Crippen molar-refractivity contribution in [1.82, 2.24) is 14.8 Å². The van der Waals surface area contributed by atoms with Gasteiger partial charge in [-0.15, -0.1) is 0 Å². The molecule has 6 nitrogen and oxygen atoms in total. The lowest BCUT2D eigenvalue weighted by atomic mass is 10.1. The van der Waals surface area contributed by atoms with Crippen LogP contribution in [0.25, 0.3) is 0 Å². The molecule has 116 valence electrons. The minimum absolute atomic E-state index is 0.141. The number of rotatable bonds is 4. The second-order valence-corrected chi connectivity index (χ2v) is 5.47. The van der Waals surface area contributed by atoms with Gasteiger partial charge in [-0.3, -0.25) is 14.5 Å². The summed E-state index contributed by atoms with van der Waals surface area (Å²) in [5, 5.41) is 9.33. The number of aryl methyl sites for hydroxylation is 1. The first-order valence-corrected chi connectivity index (χ1v) is 7.40. The molecule has 0 radical (unpaired) electrons. The normalized spacial score (nSPS) is 17.8. The van der Waals surface area contributed by atoms with Crippen LogP contribution in [0.5, 0.6) is 0 Å². The molecule has 21 heavy (non-hydrogen) atoms. The molecule has 2 N–H and O–H groups in total. The van der Waals surface area contributed by atoms with Gasteiger partial charge in [0.1, 0.15) is 5.56 Å². The topological polar surface area (TPSA) is 76.6 Å². The van der Waals surface area contributed by atoms with Gasteiger partial charge in [0.05, 0.1) is 6.61 Å². The number of pyridine rings is 1.